The molecule has 0 unspecified atom stereocenters. The molecular weight excluding hydrogens is 516 g/mol. The molecule has 0 saturated carbocycles. The molecule has 38 heavy (non-hydrogen) atoms. The average molecular weight is 551 g/mol. The lowest BCUT2D eigenvalue weighted by Gasteiger charge is -2.44. The van der Waals surface area contributed by atoms with Crippen molar-refractivity contribution in [2.75, 3.05) is 0 Å². The molecule has 4 atom stereocenters. The van der Waals surface area contributed by atoms with Crippen molar-refractivity contribution in [3.8, 4) is 11.5 Å². The molecule has 2 aromatic carbocycles. The van der Waals surface area contributed by atoms with Gasteiger partial charge in [-0.15, -0.1) is 0 Å². The van der Waals surface area contributed by atoms with Crippen molar-refractivity contribution in [3.05, 3.63) is 58.7 Å². The largest absolute Gasteiger partial charge is 0.485 e. The van der Waals surface area contributed by atoms with Gasteiger partial charge in [0.25, 0.3) is 0 Å². The SMILES string of the molecule is CC(=O)c1ccc2c(c1)[C@H](N)[C@H](OS(=O)(=O)O[C@H]1[C@@H](N)c3cc(C(C)=O)ccc3OC1(C)C)C(C)(C)O2.O. The van der Waals surface area contributed by atoms with Gasteiger partial charge in [-0.3, -0.25) is 9.59 Å². The topological polar surface area (TPSA) is 189 Å². The zero-order chi connectivity index (χ0) is 27.5. The minimum absolute atomic E-state index is 0. The molecule has 2 aromatic rings. The van der Waals surface area contributed by atoms with Gasteiger partial charge in [-0.1, -0.05) is 0 Å². The molecular formula is C26H34N2O9S. The van der Waals surface area contributed by atoms with Gasteiger partial charge in [0.2, 0.25) is 0 Å². The molecule has 2 aliphatic heterocycles. The van der Waals surface area contributed by atoms with Crippen LogP contribution in [0.4, 0.5) is 0 Å². The Morgan fingerprint density at radius 2 is 1.11 bits per heavy atom. The first-order valence-corrected chi connectivity index (χ1v) is 13.2. The molecule has 0 amide bonds. The summed E-state index contributed by atoms with van der Waals surface area (Å²) in [6.45, 7) is 9.42. The maximum atomic E-state index is 13.2. The third-order valence-electron chi connectivity index (χ3n) is 6.76. The number of hydrogen-bond acceptors (Lipinski definition) is 10. The van der Waals surface area contributed by atoms with E-state index in [9.17, 15) is 18.0 Å². The predicted molar refractivity (Wildman–Crippen MR) is 138 cm³/mol. The van der Waals surface area contributed by atoms with Gasteiger partial charge in [0.05, 0.1) is 12.1 Å². The molecule has 6 N–H and O–H groups in total. The molecule has 4 rings (SSSR count). The van der Waals surface area contributed by atoms with Crippen LogP contribution in [-0.4, -0.2) is 48.9 Å². The van der Waals surface area contributed by atoms with Gasteiger partial charge in [0.1, 0.15) is 34.9 Å². The highest BCUT2D eigenvalue weighted by molar-refractivity contribution is 7.81. The van der Waals surface area contributed by atoms with E-state index >= 15 is 0 Å². The molecule has 0 saturated heterocycles. The maximum absolute atomic E-state index is 13.2. The second-order valence-corrected chi connectivity index (χ2v) is 11.7. The van der Waals surface area contributed by atoms with Crippen LogP contribution in [0.5, 0.6) is 11.5 Å². The lowest BCUT2D eigenvalue weighted by molar-refractivity contribution is -0.0708. The Bertz CT molecular complexity index is 1270. The van der Waals surface area contributed by atoms with Crippen molar-refractivity contribution >= 4 is 22.0 Å². The van der Waals surface area contributed by atoms with Gasteiger partial charge < -0.3 is 26.4 Å². The van der Waals surface area contributed by atoms with E-state index in [0.717, 1.165) is 0 Å². The van der Waals surface area contributed by atoms with Crippen molar-refractivity contribution in [1.82, 2.24) is 0 Å². The third kappa shape index (κ3) is 5.46. The maximum Gasteiger partial charge on any atom is 0.400 e. The molecule has 12 heteroatoms. The highest BCUT2D eigenvalue weighted by Gasteiger charge is 2.50. The summed E-state index contributed by atoms with van der Waals surface area (Å²) in [5.41, 5.74) is 12.3. The summed E-state index contributed by atoms with van der Waals surface area (Å²) in [5.74, 6) is 0.523. The van der Waals surface area contributed by atoms with Gasteiger partial charge in [-0.25, -0.2) is 8.37 Å². The standard InChI is InChI=1S/C26H32N2O8S.H2O/c1-13(29)15-7-9-19-17(11-15)21(27)23(25(3,4)33-19)35-37(31,32)36-24-22(28)18-12-16(14(2)30)8-10-20(18)34-26(24,5)6;/h7-12,21-24H,27-28H2,1-6H3;1H2/t21-,22-,23-,24-;/m0./s1. The average Bonchev–Trinajstić information content (AvgIpc) is 2.78. The monoisotopic (exact) mass is 550 g/mol. The fraction of sp³-hybridized carbons (Fsp3) is 0.462. The smallest absolute Gasteiger partial charge is 0.400 e. The number of ketones is 2. The number of carbonyl (C=O) groups excluding carboxylic acids is 2. The van der Waals surface area contributed by atoms with E-state index in [2.05, 4.69) is 0 Å². The van der Waals surface area contributed by atoms with E-state index in [1.165, 1.54) is 13.8 Å². The summed E-state index contributed by atoms with van der Waals surface area (Å²) in [4.78, 5) is 23.7. The molecule has 0 fully saturated rings. The summed E-state index contributed by atoms with van der Waals surface area (Å²) in [5, 5.41) is 0. The summed E-state index contributed by atoms with van der Waals surface area (Å²) >= 11 is 0. The van der Waals surface area contributed by atoms with Crippen molar-refractivity contribution < 1.29 is 41.3 Å². The Labute approximate surface area is 222 Å². The Morgan fingerprint density at radius 3 is 1.42 bits per heavy atom. The van der Waals surface area contributed by atoms with Crippen molar-refractivity contribution in [1.29, 1.82) is 0 Å². The van der Waals surface area contributed by atoms with E-state index in [0.29, 0.717) is 33.8 Å². The summed E-state index contributed by atoms with van der Waals surface area (Å²) in [6.07, 6.45) is -2.37. The van der Waals surface area contributed by atoms with E-state index in [1.807, 2.05) is 0 Å². The predicted octanol–water partition coefficient (Wildman–Crippen LogP) is 2.32. The van der Waals surface area contributed by atoms with Crippen molar-refractivity contribution in [2.24, 2.45) is 11.5 Å². The van der Waals surface area contributed by atoms with Crippen LogP contribution in [0.3, 0.4) is 0 Å². The second-order valence-electron chi connectivity index (χ2n) is 10.5. The van der Waals surface area contributed by atoms with Crippen LogP contribution in [0, 0.1) is 0 Å². The number of benzene rings is 2. The number of Topliss-reactive ketones (excluding diaryl/α,β-unsaturated/α-hetero) is 2. The third-order valence-corrected chi connectivity index (χ3v) is 7.65. The lowest BCUT2D eigenvalue weighted by atomic mass is 9.86. The summed E-state index contributed by atoms with van der Waals surface area (Å²) in [6, 6.07) is 7.74. The minimum Gasteiger partial charge on any atom is -0.485 e. The first kappa shape index (κ1) is 29.7. The fourth-order valence-electron chi connectivity index (χ4n) is 4.74. The van der Waals surface area contributed by atoms with E-state index in [4.69, 9.17) is 29.3 Å². The zero-order valence-corrected chi connectivity index (χ0v) is 22.9. The number of fused-ring (bicyclic) bond motifs is 2. The second kappa shape index (κ2) is 10.0. The number of ether oxygens (including phenoxy) is 2. The lowest BCUT2D eigenvalue weighted by Crippen LogP contribution is -2.56. The molecule has 2 heterocycles. The van der Waals surface area contributed by atoms with Gasteiger partial charge >= 0.3 is 10.4 Å². The number of nitrogens with two attached hydrogens (primary N) is 2. The molecule has 0 bridgehead atoms. The van der Waals surface area contributed by atoms with Crippen LogP contribution < -0.4 is 20.9 Å². The normalized spacial score (nSPS) is 25.1. The van der Waals surface area contributed by atoms with Crippen molar-refractivity contribution in [2.45, 2.75) is 77.0 Å². The summed E-state index contributed by atoms with van der Waals surface area (Å²) in [7, 11) is -4.70. The van der Waals surface area contributed by atoms with Crippen LogP contribution in [-0.2, 0) is 18.8 Å². The fourth-order valence-corrected chi connectivity index (χ4v) is 6.00. The molecule has 0 aromatic heterocycles. The Morgan fingerprint density at radius 1 is 0.763 bits per heavy atom. The molecule has 208 valence electrons. The molecule has 0 radical (unpaired) electrons. The van der Waals surface area contributed by atoms with Crippen LogP contribution >= 0.6 is 0 Å². The van der Waals surface area contributed by atoms with Crippen molar-refractivity contribution in [3.63, 3.8) is 0 Å². The summed E-state index contributed by atoms with van der Waals surface area (Å²) < 4.78 is 49.5. The molecule has 11 nitrogen and oxygen atoms in total. The quantitative estimate of drug-likeness (QED) is 0.505. The van der Waals surface area contributed by atoms with Gasteiger partial charge in [0, 0.05) is 22.3 Å². The Kier molecular flexibility index (Phi) is 7.83. The minimum atomic E-state index is -4.70. The number of rotatable bonds is 6. The van der Waals surface area contributed by atoms with Crippen LogP contribution in [0.2, 0.25) is 0 Å². The highest BCUT2D eigenvalue weighted by atomic mass is 32.3. The molecule has 0 spiro atoms. The van der Waals surface area contributed by atoms with Gasteiger partial charge in [-0.05, 0) is 77.9 Å². The van der Waals surface area contributed by atoms with Crippen LogP contribution in [0.1, 0.15) is 85.5 Å². The van der Waals surface area contributed by atoms with E-state index in [-0.39, 0.29) is 17.0 Å². The van der Waals surface area contributed by atoms with E-state index < -0.39 is 45.9 Å². The first-order valence-electron chi connectivity index (χ1n) is 11.8. The number of carbonyl (C=O) groups is 2. The van der Waals surface area contributed by atoms with E-state index in [1.54, 1.807) is 64.1 Å². The Hall–Kier alpha value is -2.87. The van der Waals surface area contributed by atoms with Crippen LogP contribution in [0.25, 0.3) is 0 Å². The zero-order valence-electron chi connectivity index (χ0n) is 22.1. The molecule has 0 aliphatic carbocycles. The van der Waals surface area contributed by atoms with Crippen LogP contribution in [0.15, 0.2) is 36.4 Å². The Balaban J connectivity index is 0.00000400. The van der Waals surface area contributed by atoms with Gasteiger partial charge in [0.15, 0.2) is 11.6 Å². The first-order chi connectivity index (χ1) is 17.0. The number of hydrogen-bond donors (Lipinski definition) is 2. The highest BCUT2D eigenvalue weighted by Crippen LogP contribution is 2.44. The molecule has 2 aliphatic rings. The van der Waals surface area contributed by atoms with Gasteiger partial charge in [-0.2, -0.15) is 8.42 Å².